The van der Waals surface area contributed by atoms with Gasteiger partial charge in [0.1, 0.15) is 16.4 Å². The van der Waals surface area contributed by atoms with Gasteiger partial charge >= 0.3 is 0 Å². The number of hydrogen-bond donors (Lipinski definition) is 2. The summed E-state index contributed by atoms with van der Waals surface area (Å²) < 4.78 is 10.8. The van der Waals surface area contributed by atoms with Crippen molar-refractivity contribution < 1.29 is 19.1 Å². The lowest BCUT2D eigenvalue weighted by Gasteiger charge is -2.19. The van der Waals surface area contributed by atoms with Crippen LogP contribution in [0, 0.1) is 0 Å². The molecule has 31 heavy (non-hydrogen) atoms. The van der Waals surface area contributed by atoms with E-state index in [4.69, 9.17) is 21.1 Å². The summed E-state index contributed by atoms with van der Waals surface area (Å²) in [6, 6.07) is 13.0. The first-order valence-electron chi connectivity index (χ1n) is 9.89. The van der Waals surface area contributed by atoms with E-state index in [0.717, 1.165) is 5.56 Å². The second kappa shape index (κ2) is 10.6. The first kappa shape index (κ1) is 23.0. The molecule has 0 saturated carbocycles. The number of rotatable bonds is 7. The minimum Gasteiger partial charge on any atom is -0.496 e. The van der Waals surface area contributed by atoms with Crippen LogP contribution in [0.4, 0.5) is 5.69 Å². The van der Waals surface area contributed by atoms with E-state index in [-0.39, 0.29) is 22.8 Å². The van der Waals surface area contributed by atoms with E-state index in [9.17, 15) is 9.59 Å². The molecule has 1 unspecified atom stereocenters. The quantitative estimate of drug-likeness (QED) is 0.619. The van der Waals surface area contributed by atoms with E-state index in [1.54, 1.807) is 13.0 Å². The predicted octanol–water partition coefficient (Wildman–Crippen LogP) is 4.82. The summed E-state index contributed by atoms with van der Waals surface area (Å²) in [5, 5.41) is 5.95. The summed E-state index contributed by atoms with van der Waals surface area (Å²) in [5.41, 5.74) is 1.81. The van der Waals surface area contributed by atoms with Crippen LogP contribution in [0.1, 0.15) is 35.7 Å². The molecule has 1 atom stereocenters. The minimum absolute atomic E-state index is 0.150. The highest BCUT2D eigenvalue weighted by atomic mass is 35.5. The monoisotopic (exact) mass is 460 g/mol. The molecule has 0 aliphatic carbocycles. The van der Waals surface area contributed by atoms with Gasteiger partial charge < -0.3 is 20.1 Å². The standard InChI is InChI=1S/C23H25ClN2O4S/c1-14(16-7-5-4-6-8-16)13-25-22(27)17-11-18(24)19(12-20(17)29-3)26-23(28)21-15(2)30-9-10-31-21/h4-8,11-12,14H,9-10,13H2,1-3H3,(H,25,27)(H,26,28). The molecule has 0 radical (unpaired) electrons. The van der Waals surface area contributed by atoms with Crippen molar-refractivity contribution in [2.24, 2.45) is 0 Å². The third-order valence-electron chi connectivity index (χ3n) is 4.89. The van der Waals surface area contributed by atoms with E-state index < -0.39 is 0 Å². The Bertz CT molecular complexity index is 995. The summed E-state index contributed by atoms with van der Waals surface area (Å²) in [6.07, 6.45) is 0. The van der Waals surface area contributed by atoms with Crippen LogP contribution in [0.25, 0.3) is 0 Å². The van der Waals surface area contributed by atoms with E-state index in [1.807, 2.05) is 37.3 Å². The van der Waals surface area contributed by atoms with Crippen molar-refractivity contribution in [2.75, 3.05) is 31.3 Å². The molecule has 3 rings (SSSR count). The van der Waals surface area contributed by atoms with Crippen molar-refractivity contribution in [1.82, 2.24) is 5.32 Å². The van der Waals surface area contributed by atoms with Crippen LogP contribution < -0.4 is 15.4 Å². The van der Waals surface area contributed by atoms with Gasteiger partial charge in [-0.25, -0.2) is 0 Å². The molecule has 2 amide bonds. The lowest BCUT2D eigenvalue weighted by Crippen LogP contribution is -2.28. The van der Waals surface area contributed by atoms with Gasteiger partial charge in [0.25, 0.3) is 11.8 Å². The molecule has 0 fully saturated rings. The number of carbonyl (C=O) groups is 2. The molecule has 6 nitrogen and oxygen atoms in total. The number of allylic oxidation sites excluding steroid dienone is 1. The van der Waals surface area contributed by atoms with E-state index >= 15 is 0 Å². The molecule has 2 aromatic rings. The van der Waals surface area contributed by atoms with Crippen molar-refractivity contribution in [2.45, 2.75) is 19.8 Å². The van der Waals surface area contributed by atoms with Crippen LogP contribution in [-0.4, -0.2) is 37.8 Å². The van der Waals surface area contributed by atoms with Crippen LogP contribution in [0.5, 0.6) is 5.75 Å². The zero-order valence-corrected chi connectivity index (χ0v) is 19.2. The molecule has 8 heteroatoms. The molecular formula is C23H25ClN2O4S. The largest absolute Gasteiger partial charge is 0.496 e. The van der Waals surface area contributed by atoms with Gasteiger partial charge in [-0.1, -0.05) is 48.9 Å². The lowest BCUT2D eigenvalue weighted by molar-refractivity contribution is -0.112. The summed E-state index contributed by atoms with van der Waals surface area (Å²) in [5.74, 6) is 1.16. The van der Waals surface area contributed by atoms with Crippen molar-refractivity contribution in [3.05, 3.63) is 69.3 Å². The minimum atomic E-state index is -0.306. The van der Waals surface area contributed by atoms with Gasteiger partial charge in [-0.15, -0.1) is 11.8 Å². The second-order valence-corrected chi connectivity index (χ2v) is 8.60. The smallest absolute Gasteiger partial charge is 0.265 e. The van der Waals surface area contributed by atoms with Crippen molar-refractivity contribution >= 4 is 40.9 Å². The summed E-state index contributed by atoms with van der Waals surface area (Å²) in [7, 11) is 1.47. The summed E-state index contributed by atoms with van der Waals surface area (Å²) in [6.45, 7) is 4.84. The van der Waals surface area contributed by atoms with Crippen molar-refractivity contribution in [1.29, 1.82) is 0 Å². The van der Waals surface area contributed by atoms with Crippen molar-refractivity contribution in [3.63, 3.8) is 0 Å². The molecular weight excluding hydrogens is 436 g/mol. The maximum absolute atomic E-state index is 12.8. The number of benzene rings is 2. The van der Waals surface area contributed by atoms with Crippen LogP contribution in [-0.2, 0) is 9.53 Å². The topological polar surface area (TPSA) is 76.7 Å². The van der Waals surface area contributed by atoms with E-state index in [1.165, 1.54) is 24.9 Å². The molecule has 2 N–H and O–H groups in total. The molecule has 1 aliphatic heterocycles. The third kappa shape index (κ3) is 5.74. The Hall–Kier alpha value is -2.64. The number of anilines is 1. The number of carbonyl (C=O) groups excluding carboxylic acids is 2. The van der Waals surface area contributed by atoms with Crippen LogP contribution in [0.15, 0.2) is 53.1 Å². The number of amides is 2. The fraction of sp³-hybridized carbons (Fsp3) is 0.304. The number of ether oxygens (including phenoxy) is 2. The first-order chi connectivity index (χ1) is 14.9. The van der Waals surface area contributed by atoms with Gasteiger partial charge in [0.15, 0.2) is 0 Å². The zero-order chi connectivity index (χ0) is 22.4. The molecule has 0 saturated heterocycles. The Balaban J connectivity index is 1.72. The van der Waals surface area contributed by atoms with Gasteiger partial charge in [0, 0.05) is 18.4 Å². The molecule has 2 aromatic carbocycles. The van der Waals surface area contributed by atoms with E-state index in [2.05, 4.69) is 10.6 Å². The number of thioether (sulfide) groups is 1. The highest BCUT2D eigenvalue weighted by molar-refractivity contribution is 8.04. The van der Waals surface area contributed by atoms with Gasteiger partial charge in [0.2, 0.25) is 0 Å². The van der Waals surface area contributed by atoms with Crippen LogP contribution in [0.3, 0.4) is 0 Å². The molecule has 0 spiro atoms. The predicted molar refractivity (Wildman–Crippen MR) is 125 cm³/mol. The van der Waals surface area contributed by atoms with Gasteiger partial charge in [-0.05, 0) is 24.5 Å². The number of hydrogen-bond acceptors (Lipinski definition) is 5. The number of nitrogens with one attached hydrogen (secondary N) is 2. The molecule has 164 valence electrons. The lowest BCUT2D eigenvalue weighted by atomic mass is 10.0. The van der Waals surface area contributed by atoms with Crippen LogP contribution in [0.2, 0.25) is 5.02 Å². The average Bonchev–Trinajstić information content (AvgIpc) is 2.79. The van der Waals surface area contributed by atoms with Gasteiger partial charge in [-0.2, -0.15) is 0 Å². The average molecular weight is 461 g/mol. The Labute approximate surface area is 191 Å². The summed E-state index contributed by atoms with van der Waals surface area (Å²) in [4.78, 5) is 25.9. The Kier molecular flexibility index (Phi) is 7.87. The van der Waals surface area contributed by atoms with Crippen LogP contribution >= 0.6 is 23.4 Å². The molecule has 0 aromatic heterocycles. The van der Waals surface area contributed by atoms with Gasteiger partial charge in [0.05, 0.1) is 30.0 Å². The fourth-order valence-corrected chi connectivity index (χ4v) is 4.17. The highest BCUT2D eigenvalue weighted by Gasteiger charge is 2.22. The van der Waals surface area contributed by atoms with E-state index in [0.29, 0.717) is 46.6 Å². The Morgan fingerprint density at radius 1 is 1.23 bits per heavy atom. The normalized spacial score (nSPS) is 14.5. The first-order valence-corrected chi connectivity index (χ1v) is 11.3. The second-order valence-electron chi connectivity index (χ2n) is 7.09. The maximum Gasteiger partial charge on any atom is 0.265 e. The highest BCUT2D eigenvalue weighted by Crippen LogP contribution is 2.33. The molecule has 1 aliphatic rings. The fourth-order valence-electron chi connectivity index (χ4n) is 3.15. The Morgan fingerprint density at radius 3 is 2.65 bits per heavy atom. The number of halogens is 1. The number of methoxy groups -OCH3 is 1. The van der Waals surface area contributed by atoms with Crippen molar-refractivity contribution in [3.8, 4) is 5.75 Å². The molecule has 1 heterocycles. The zero-order valence-electron chi connectivity index (χ0n) is 17.7. The molecule has 0 bridgehead atoms. The SMILES string of the molecule is COc1cc(NC(=O)C2=C(C)OCCS2)c(Cl)cc1C(=O)NCC(C)c1ccccc1. The summed E-state index contributed by atoms with van der Waals surface area (Å²) >= 11 is 7.81. The maximum atomic E-state index is 12.8. The third-order valence-corrected chi connectivity index (χ3v) is 6.34. The Morgan fingerprint density at radius 2 is 1.97 bits per heavy atom. The van der Waals surface area contributed by atoms with Gasteiger partial charge in [-0.3, -0.25) is 9.59 Å².